The zero-order valence-electron chi connectivity index (χ0n) is 23.5. The predicted octanol–water partition coefficient (Wildman–Crippen LogP) is 3.01. The van der Waals surface area contributed by atoms with Crippen LogP contribution in [0.5, 0.6) is 0 Å². The van der Waals surface area contributed by atoms with Gasteiger partial charge in [-0.25, -0.2) is 9.36 Å². The van der Waals surface area contributed by atoms with E-state index in [1.54, 1.807) is 24.3 Å². The number of para-hydroxylation sites is 1. The van der Waals surface area contributed by atoms with Gasteiger partial charge >= 0.3 is 11.7 Å². The maximum atomic E-state index is 13.8. The smallest absolute Gasteiger partial charge is 0.329 e. The van der Waals surface area contributed by atoms with Gasteiger partial charge in [0.15, 0.2) is 0 Å². The lowest BCUT2D eigenvalue weighted by Gasteiger charge is -2.28. The fourth-order valence-corrected chi connectivity index (χ4v) is 5.55. The van der Waals surface area contributed by atoms with E-state index in [1.165, 1.54) is 0 Å². The summed E-state index contributed by atoms with van der Waals surface area (Å²) in [5, 5.41) is 15.3. The van der Waals surface area contributed by atoms with Crippen LogP contribution in [0.4, 0.5) is 0 Å². The molecular formula is C31H38N4O6. The van der Waals surface area contributed by atoms with Crippen LogP contribution in [-0.2, 0) is 20.8 Å². The van der Waals surface area contributed by atoms with Crippen molar-refractivity contribution < 1.29 is 19.5 Å². The number of nitrogens with one attached hydrogen (secondary N) is 3. The summed E-state index contributed by atoms with van der Waals surface area (Å²) >= 11 is 0. The highest BCUT2D eigenvalue weighted by Gasteiger charge is 2.31. The topological polar surface area (TPSA) is 150 Å². The van der Waals surface area contributed by atoms with E-state index >= 15 is 0 Å². The van der Waals surface area contributed by atoms with E-state index in [0.717, 1.165) is 10.1 Å². The number of hydrogen-bond acceptors (Lipinski definition) is 5. The molecule has 41 heavy (non-hydrogen) atoms. The molecule has 1 aromatic heterocycles. The van der Waals surface area contributed by atoms with Crippen LogP contribution in [0.1, 0.15) is 57.6 Å². The van der Waals surface area contributed by atoms with Crippen molar-refractivity contribution in [3.8, 4) is 0 Å². The van der Waals surface area contributed by atoms with Gasteiger partial charge < -0.3 is 20.7 Å². The molecule has 1 fully saturated rings. The molecule has 218 valence electrons. The lowest BCUT2D eigenvalue weighted by Crippen LogP contribution is -2.52. The second-order valence-corrected chi connectivity index (χ2v) is 11.3. The summed E-state index contributed by atoms with van der Waals surface area (Å²) in [6.07, 6.45) is 3.04. The first-order valence-electron chi connectivity index (χ1n) is 14.2. The van der Waals surface area contributed by atoms with Crippen LogP contribution in [0.25, 0.3) is 10.9 Å². The van der Waals surface area contributed by atoms with Gasteiger partial charge in [-0.1, -0.05) is 56.3 Å². The summed E-state index contributed by atoms with van der Waals surface area (Å²) in [5.41, 5.74) is -0.144. The van der Waals surface area contributed by atoms with Gasteiger partial charge in [-0.3, -0.25) is 19.2 Å². The van der Waals surface area contributed by atoms with Crippen LogP contribution < -0.4 is 21.9 Å². The molecule has 0 unspecified atom stereocenters. The van der Waals surface area contributed by atoms with Gasteiger partial charge in [0, 0.05) is 13.0 Å². The molecule has 1 heterocycles. The van der Waals surface area contributed by atoms with Gasteiger partial charge in [-0.05, 0) is 61.6 Å². The van der Waals surface area contributed by atoms with Crippen molar-refractivity contribution in [3.63, 3.8) is 0 Å². The minimum absolute atomic E-state index is 0.0800. The Bertz CT molecular complexity index is 1490. The zero-order valence-corrected chi connectivity index (χ0v) is 23.5. The number of fused-ring (bicyclic) bond motifs is 1. The summed E-state index contributed by atoms with van der Waals surface area (Å²) in [6, 6.07) is 13.7. The largest absolute Gasteiger partial charge is 0.481 e. The molecule has 0 saturated heterocycles. The number of carboxylic acid groups (broad SMARTS) is 1. The molecule has 10 heteroatoms. The Kier molecular flexibility index (Phi) is 9.75. The number of amides is 2. The van der Waals surface area contributed by atoms with E-state index in [4.69, 9.17) is 0 Å². The normalized spacial score (nSPS) is 18.5. The van der Waals surface area contributed by atoms with Gasteiger partial charge in [0.05, 0.1) is 16.8 Å². The van der Waals surface area contributed by atoms with Crippen LogP contribution in [0.2, 0.25) is 0 Å². The Morgan fingerprint density at radius 3 is 2.27 bits per heavy atom. The first kappa shape index (κ1) is 29.8. The van der Waals surface area contributed by atoms with Crippen molar-refractivity contribution in [2.45, 2.75) is 64.5 Å². The molecular weight excluding hydrogens is 524 g/mol. The second kappa shape index (κ2) is 13.4. The lowest BCUT2D eigenvalue weighted by molar-refractivity contribution is -0.143. The molecule has 3 aromatic rings. The van der Waals surface area contributed by atoms with Crippen molar-refractivity contribution in [3.05, 3.63) is 81.0 Å². The third kappa shape index (κ3) is 7.50. The van der Waals surface area contributed by atoms with E-state index in [0.29, 0.717) is 44.2 Å². The fourth-order valence-electron chi connectivity index (χ4n) is 5.55. The van der Waals surface area contributed by atoms with Gasteiger partial charge in [0.25, 0.3) is 5.56 Å². The third-order valence-electron chi connectivity index (χ3n) is 7.82. The lowest BCUT2D eigenvalue weighted by atomic mass is 9.82. The standard InChI is InChI=1S/C31H38N4O6/c1-19(2)16-25(27(36)32-18-21-12-14-22(15-13-21)30(39)40)33-28(37)26(17-20-8-4-3-5-9-20)35-29(38)23-10-6-7-11-24(23)34-31(35)41/h3-11,19,21-22,25-26H,12-18H2,1-2H3,(H,32,36)(H,33,37)(H,34,41)(H,39,40)/t21?,22?,25-,26+/m1/s1. The Balaban J connectivity index is 1.56. The number of benzene rings is 2. The van der Waals surface area contributed by atoms with E-state index in [1.807, 2.05) is 44.2 Å². The van der Waals surface area contributed by atoms with Crippen molar-refractivity contribution in [1.82, 2.24) is 20.2 Å². The maximum Gasteiger partial charge on any atom is 0.329 e. The van der Waals surface area contributed by atoms with Crippen LogP contribution >= 0.6 is 0 Å². The number of aromatic amines is 1. The Labute approximate surface area is 238 Å². The minimum Gasteiger partial charge on any atom is -0.481 e. The van der Waals surface area contributed by atoms with E-state index < -0.39 is 35.2 Å². The first-order valence-corrected chi connectivity index (χ1v) is 14.2. The quantitative estimate of drug-likeness (QED) is 0.282. The number of carbonyl (C=O) groups excluding carboxylic acids is 2. The molecule has 0 radical (unpaired) electrons. The highest BCUT2D eigenvalue weighted by atomic mass is 16.4. The molecule has 1 saturated carbocycles. The molecule has 2 atom stereocenters. The van der Waals surface area contributed by atoms with Gasteiger partial charge in [0.2, 0.25) is 11.8 Å². The van der Waals surface area contributed by atoms with E-state index in [9.17, 15) is 29.1 Å². The Morgan fingerprint density at radius 1 is 0.951 bits per heavy atom. The average Bonchev–Trinajstić information content (AvgIpc) is 2.95. The van der Waals surface area contributed by atoms with Gasteiger partial charge in [-0.15, -0.1) is 0 Å². The minimum atomic E-state index is -1.19. The molecule has 4 rings (SSSR count). The van der Waals surface area contributed by atoms with Crippen LogP contribution in [0.3, 0.4) is 0 Å². The molecule has 1 aliphatic carbocycles. The summed E-state index contributed by atoms with van der Waals surface area (Å²) < 4.78 is 0.940. The molecule has 1 aliphatic rings. The monoisotopic (exact) mass is 562 g/mol. The van der Waals surface area contributed by atoms with E-state index in [2.05, 4.69) is 15.6 Å². The molecule has 4 N–H and O–H groups in total. The molecule has 0 aliphatic heterocycles. The zero-order chi connectivity index (χ0) is 29.5. The fraction of sp³-hybridized carbons (Fsp3) is 0.452. The average molecular weight is 563 g/mol. The highest BCUT2D eigenvalue weighted by molar-refractivity contribution is 5.89. The molecule has 0 bridgehead atoms. The molecule has 2 amide bonds. The predicted molar refractivity (Wildman–Crippen MR) is 155 cm³/mol. The van der Waals surface area contributed by atoms with Crippen molar-refractivity contribution >= 4 is 28.7 Å². The first-order chi connectivity index (χ1) is 19.6. The number of rotatable bonds is 11. The number of aliphatic carboxylic acids is 1. The van der Waals surface area contributed by atoms with Crippen molar-refractivity contribution in [1.29, 1.82) is 0 Å². The maximum absolute atomic E-state index is 13.8. The third-order valence-corrected chi connectivity index (χ3v) is 7.82. The van der Waals surface area contributed by atoms with Crippen molar-refractivity contribution in [2.24, 2.45) is 17.8 Å². The van der Waals surface area contributed by atoms with Crippen LogP contribution in [-0.4, -0.2) is 45.0 Å². The van der Waals surface area contributed by atoms with Gasteiger partial charge in [-0.2, -0.15) is 0 Å². The summed E-state index contributed by atoms with van der Waals surface area (Å²) in [5.74, 6) is -1.80. The number of carbonyl (C=O) groups is 3. The summed E-state index contributed by atoms with van der Waals surface area (Å²) in [4.78, 5) is 67.7. The second-order valence-electron chi connectivity index (χ2n) is 11.3. The number of carboxylic acids is 1. The summed E-state index contributed by atoms with van der Waals surface area (Å²) in [6.45, 7) is 4.28. The number of hydrogen-bond donors (Lipinski definition) is 4. The Hall–Kier alpha value is -4.21. The summed E-state index contributed by atoms with van der Waals surface area (Å²) in [7, 11) is 0. The molecule has 10 nitrogen and oxygen atoms in total. The van der Waals surface area contributed by atoms with E-state index in [-0.39, 0.29) is 35.5 Å². The van der Waals surface area contributed by atoms with Crippen molar-refractivity contribution in [2.75, 3.05) is 6.54 Å². The van der Waals surface area contributed by atoms with Crippen LogP contribution in [0, 0.1) is 17.8 Å². The highest BCUT2D eigenvalue weighted by Crippen LogP contribution is 2.28. The number of aromatic nitrogens is 2. The van der Waals surface area contributed by atoms with Gasteiger partial charge in [0.1, 0.15) is 12.1 Å². The Morgan fingerprint density at radius 2 is 1.61 bits per heavy atom. The molecule has 0 spiro atoms. The SMILES string of the molecule is CC(C)C[C@@H](NC(=O)[C@H](Cc1ccccc1)n1c(=O)[nH]c2ccccc2c1=O)C(=O)NCC1CCC(C(=O)O)CC1. The van der Waals surface area contributed by atoms with Crippen LogP contribution in [0.15, 0.2) is 64.2 Å². The molecule has 2 aromatic carbocycles. The number of H-pyrrole nitrogens is 1. The number of nitrogens with zero attached hydrogens (tertiary/aromatic N) is 1.